The third-order valence-electron chi connectivity index (χ3n) is 4.12. The molecular formula is C20H20I+. The van der Waals surface area contributed by atoms with Crippen molar-refractivity contribution < 1.29 is 21.2 Å². The van der Waals surface area contributed by atoms with E-state index in [0.717, 1.165) is 0 Å². The summed E-state index contributed by atoms with van der Waals surface area (Å²) < 4.78 is 4.03. The van der Waals surface area contributed by atoms with E-state index in [-0.39, 0.29) is 26.6 Å². The predicted octanol–water partition coefficient (Wildman–Crippen LogP) is 2.30. The fourth-order valence-electron chi connectivity index (χ4n) is 2.83. The van der Waals surface area contributed by atoms with Crippen LogP contribution in [0.4, 0.5) is 0 Å². The summed E-state index contributed by atoms with van der Waals surface area (Å²) in [5, 5.41) is 0. The number of allylic oxidation sites excluding steroid dienone is 3. The van der Waals surface area contributed by atoms with E-state index >= 15 is 0 Å². The maximum Gasteiger partial charge on any atom is 0.346 e. The molecule has 0 saturated heterocycles. The van der Waals surface area contributed by atoms with Crippen LogP contribution in [0.25, 0.3) is 5.57 Å². The summed E-state index contributed by atoms with van der Waals surface area (Å²) in [6, 6.07) is 19.6. The van der Waals surface area contributed by atoms with Crippen LogP contribution >= 0.6 is 0 Å². The summed E-state index contributed by atoms with van der Waals surface area (Å²) in [5.74, 6) is 0. The van der Waals surface area contributed by atoms with Crippen LogP contribution in [0, 0.1) is 6.92 Å². The van der Waals surface area contributed by atoms with E-state index in [0.29, 0.717) is 0 Å². The minimum atomic E-state index is -0.0190. The highest BCUT2D eigenvalue weighted by atomic mass is 127. The normalized spacial score (nSPS) is 14.8. The lowest BCUT2D eigenvalue weighted by atomic mass is 9.81. The first kappa shape index (κ1) is 14.6. The Morgan fingerprint density at radius 1 is 0.857 bits per heavy atom. The van der Waals surface area contributed by atoms with Crippen LogP contribution < -0.4 is 21.2 Å². The first-order valence-electron chi connectivity index (χ1n) is 7.27. The molecule has 0 radical (unpaired) electrons. The molecule has 0 atom stereocenters. The molecule has 0 unspecified atom stereocenters. The summed E-state index contributed by atoms with van der Waals surface area (Å²) in [5.41, 5.74) is 5.73. The van der Waals surface area contributed by atoms with Gasteiger partial charge in [-0.2, -0.15) is 0 Å². The van der Waals surface area contributed by atoms with Gasteiger partial charge in [-0.15, -0.1) is 0 Å². The molecule has 0 fully saturated rings. The van der Waals surface area contributed by atoms with E-state index in [4.69, 9.17) is 0 Å². The monoisotopic (exact) mass is 387 g/mol. The number of benzene rings is 2. The molecule has 106 valence electrons. The van der Waals surface area contributed by atoms with E-state index in [2.05, 4.69) is 85.5 Å². The Bertz CT molecular complexity index is 706. The van der Waals surface area contributed by atoms with Crippen molar-refractivity contribution in [3.8, 4) is 0 Å². The molecule has 2 aromatic carbocycles. The zero-order valence-corrected chi connectivity index (χ0v) is 14.9. The van der Waals surface area contributed by atoms with Crippen LogP contribution in [0.5, 0.6) is 0 Å². The minimum absolute atomic E-state index is 0.0190. The second kappa shape index (κ2) is 5.80. The van der Waals surface area contributed by atoms with Gasteiger partial charge in [-0.05, 0) is 43.5 Å². The van der Waals surface area contributed by atoms with Crippen molar-refractivity contribution in [2.75, 3.05) is 0 Å². The molecule has 1 heterocycles. The molecule has 0 N–H and O–H groups in total. The Morgan fingerprint density at radius 3 is 2.24 bits per heavy atom. The van der Waals surface area contributed by atoms with Crippen LogP contribution in [-0.4, -0.2) is 0 Å². The molecule has 0 aromatic heterocycles. The van der Waals surface area contributed by atoms with Crippen molar-refractivity contribution >= 4 is 5.57 Å². The molecule has 0 spiro atoms. The average Bonchev–Trinajstić information content (AvgIpc) is 2.99. The lowest BCUT2D eigenvalue weighted by Crippen LogP contribution is -3.58. The van der Waals surface area contributed by atoms with Gasteiger partial charge >= 0.3 is 21.2 Å². The third-order valence-corrected chi connectivity index (χ3v) is 7.39. The average molecular weight is 387 g/mol. The predicted molar refractivity (Wildman–Crippen MR) is 86.7 cm³/mol. The summed E-state index contributed by atoms with van der Waals surface area (Å²) in [4.78, 5) is 0. The number of hydrogen-bond acceptors (Lipinski definition) is 0. The van der Waals surface area contributed by atoms with Gasteiger partial charge in [0.05, 0.1) is 5.41 Å². The first-order valence-corrected chi connectivity index (χ1v) is 9.59. The second-order valence-corrected chi connectivity index (χ2v) is 8.36. The van der Waals surface area contributed by atoms with Crippen molar-refractivity contribution in [2.24, 2.45) is 0 Å². The van der Waals surface area contributed by atoms with Crippen molar-refractivity contribution in [1.29, 1.82) is 0 Å². The molecule has 0 saturated carbocycles. The van der Waals surface area contributed by atoms with Crippen LogP contribution in [0.15, 0.2) is 68.3 Å². The molecular weight excluding hydrogens is 367 g/mol. The molecule has 0 amide bonds. The standard InChI is InChI=1S/C20H20I/c1-15-9-7-8-12-17(15)18-13-14-21-19(18)20(2,3)16-10-5-4-6-11-16/h4-14H,1-3H3/q+1. The van der Waals surface area contributed by atoms with Gasteiger partial charge in [0, 0.05) is 5.57 Å². The van der Waals surface area contributed by atoms with Gasteiger partial charge in [-0.3, -0.25) is 0 Å². The molecule has 3 rings (SSSR count). The molecule has 0 nitrogen and oxygen atoms in total. The first-order chi connectivity index (χ1) is 10.1. The topological polar surface area (TPSA) is 0 Å². The van der Waals surface area contributed by atoms with Crippen LogP contribution in [0.2, 0.25) is 0 Å². The number of aryl methyl sites for hydroxylation is 1. The third kappa shape index (κ3) is 2.71. The van der Waals surface area contributed by atoms with Gasteiger partial charge in [-0.25, -0.2) is 0 Å². The molecule has 2 aromatic rings. The SMILES string of the molecule is Cc1ccccc1C1=C(C(C)(C)c2ccccc2)[I+]C=C1. The second-order valence-electron chi connectivity index (χ2n) is 5.94. The summed E-state index contributed by atoms with van der Waals surface area (Å²) in [6.07, 6.45) is 2.34. The van der Waals surface area contributed by atoms with Crippen molar-refractivity contribution in [1.82, 2.24) is 0 Å². The summed E-state index contributed by atoms with van der Waals surface area (Å²) in [6.45, 7) is 6.94. The van der Waals surface area contributed by atoms with Crippen molar-refractivity contribution in [3.63, 3.8) is 0 Å². The van der Waals surface area contributed by atoms with E-state index in [1.807, 2.05) is 0 Å². The highest BCUT2D eigenvalue weighted by Gasteiger charge is 2.40. The van der Waals surface area contributed by atoms with Gasteiger partial charge in [-0.1, -0.05) is 54.6 Å². The zero-order valence-electron chi connectivity index (χ0n) is 12.7. The molecule has 21 heavy (non-hydrogen) atoms. The molecule has 1 heteroatoms. The highest BCUT2D eigenvalue weighted by molar-refractivity contribution is 5.79. The zero-order chi connectivity index (χ0) is 14.9. The van der Waals surface area contributed by atoms with E-state index in [1.54, 1.807) is 3.58 Å². The Hall–Kier alpha value is -1.35. The van der Waals surface area contributed by atoms with Gasteiger partial charge in [0.15, 0.2) is 7.66 Å². The minimum Gasteiger partial charge on any atom is -0.0622 e. The Balaban J connectivity index is 2.13. The number of rotatable bonds is 3. The van der Waals surface area contributed by atoms with E-state index in [1.165, 1.54) is 22.3 Å². The summed E-state index contributed by atoms with van der Waals surface area (Å²) in [7, 11) is 0. The molecule has 0 bridgehead atoms. The van der Waals surface area contributed by atoms with Gasteiger partial charge in [0.2, 0.25) is 0 Å². The lowest BCUT2D eigenvalue weighted by Gasteiger charge is -2.22. The van der Waals surface area contributed by atoms with Gasteiger partial charge in [0.1, 0.15) is 0 Å². The fourth-order valence-corrected chi connectivity index (χ4v) is 5.62. The van der Waals surface area contributed by atoms with E-state index < -0.39 is 0 Å². The highest BCUT2D eigenvalue weighted by Crippen LogP contribution is 2.34. The fraction of sp³-hybridized carbons (Fsp3) is 0.200. The maximum atomic E-state index is 2.40. The Morgan fingerprint density at radius 2 is 1.52 bits per heavy atom. The maximum absolute atomic E-state index is 2.40. The smallest absolute Gasteiger partial charge is 0.0622 e. The van der Waals surface area contributed by atoms with Crippen LogP contribution in [0.3, 0.4) is 0 Å². The quantitative estimate of drug-likeness (QED) is 0.710. The van der Waals surface area contributed by atoms with Crippen molar-refractivity contribution in [3.05, 3.63) is 85.0 Å². The van der Waals surface area contributed by atoms with Crippen LogP contribution in [-0.2, 0) is 5.41 Å². The van der Waals surface area contributed by atoms with Crippen LogP contribution in [0.1, 0.15) is 30.5 Å². The van der Waals surface area contributed by atoms with Gasteiger partial charge in [0.25, 0.3) is 0 Å². The largest absolute Gasteiger partial charge is 0.346 e. The summed E-state index contributed by atoms with van der Waals surface area (Å²) >= 11 is -0.0190. The number of hydrogen-bond donors (Lipinski definition) is 0. The van der Waals surface area contributed by atoms with E-state index in [9.17, 15) is 0 Å². The molecule has 0 aliphatic carbocycles. The Labute approximate surface area is 137 Å². The number of halogens is 1. The van der Waals surface area contributed by atoms with Crippen molar-refractivity contribution in [2.45, 2.75) is 26.2 Å². The molecule has 1 aliphatic rings. The Kier molecular flexibility index (Phi) is 4.03. The molecule has 1 aliphatic heterocycles. The lowest BCUT2D eigenvalue weighted by molar-refractivity contribution is -0.538. The van der Waals surface area contributed by atoms with Gasteiger partial charge < -0.3 is 0 Å².